The number of rotatable bonds is 8. The zero-order chi connectivity index (χ0) is 33.4. The van der Waals surface area contributed by atoms with Gasteiger partial charge in [-0.25, -0.2) is 52.3 Å². The summed E-state index contributed by atoms with van der Waals surface area (Å²) in [5.41, 5.74) is -3.10. The first-order chi connectivity index (χ1) is 21.1. The maximum atomic E-state index is 14.4. The van der Waals surface area contributed by atoms with E-state index in [0.717, 1.165) is 0 Å². The van der Waals surface area contributed by atoms with Gasteiger partial charge in [-0.1, -0.05) is 80.4 Å². The van der Waals surface area contributed by atoms with Crippen molar-refractivity contribution in [3.8, 4) is 0 Å². The van der Waals surface area contributed by atoms with Crippen molar-refractivity contribution in [1.29, 1.82) is 0 Å². The second-order valence-electron chi connectivity index (χ2n) is 9.22. The highest BCUT2D eigenvalue weighted by Gasteiger charge is 2.35. The number of benzene rings is 4. The molecule has 0 bridgehead atoms. The van der Waals surface area contributed by atoms with Crippen LogP contribution in [0, 0.1) is 58.2 Å². The van der Waals surface area contributed by atoms with Gasteiger partial charge in [-0.15, -0.1) is 0 Å². The van der Waals surface area contributed by atoms with Gasteiger partial charge in [0.1, 0.15) is 10.5 Å². The topological polar surface area (TPSA) is 34.1 Å². The number of hydrogen-bond donors (Lipinski definition) is 0. The van der Waals surface area contributed by atoms with Gasteiger partial charge in [0, 0.05) is 8.95 Å². The van der Waals surface area contributed by atoms with Crippen molar-refractivity contribution in [2.75, 3.05) is 0 Å². The van der Waals surface area contributed by atoms with E-state index in [1.165, 1.54) is 48.5 Å². The van der Waals surface area contributed by atoms with E-state index in [4.69, 9.17) is 0 Å². The summed E-state index contributed by atoms with van der Waals surface area (Å²) in [7, 11) is -4.86. The Hall–Kier alpha value is -3.43. The summed E-state index contributed by atoms with van der Waals surface area (Å²) in [6.07, 6.45) is 2.00. The van der Waals surface area contributed by atoms with Crippen molar-refractivity contribution < 1.29 is 52.3 Å². The molecule has 0 amide bonds. The van der Waals surface area contributed by atoms with E-state index in [1.54, 1.807) is 0 Å². The number of halogens is 12. The Balaban J connectivity index is 1.95. The molecule has 15 heteroatoms. The Morgan fingerprint density at radius 3 is 0.956 bits per heavy atom. The second-order valence-corrected chi connectivity index (χ2v) is 13.2. The molecular formula is C30H14Br2F10O2S. The van der Waals surface area contributed by atoms with Gasteiger partial charge in [0.25, 0.3) is 0 Å². The van der Waals surface area contributed by atoms with E-state index < -0.39 is 89.6 Å². The molecule has 45 heavy (non-hydrogen) atoms. The Morgan fingerprint density at radius 2 is 0.689 bits per heavy atom. The summed E-state index contributed by atoms with van der Waals surface area (Å²) in [6.45, 7) is 0. The van der Waals surface area contributed by atoms with Gasteiger partial charge in [-0.3, -0.25) is 0 Å². The molecule has 2 nitrogen and oxygen atoms in total. The van der Waals surface area contributed by atoms with Crippen LogP contribution in [0.25, 0.3) is 12.2 Å². The maximum Gasteiger partial charge on any atom is 0.200 e. The van der Waals surface area contributed by atoms with Gasteiger partial charge < -0.3 is 0 Å². The van der Waals surface area contributed by atoms with E-state index in [-0.39, 0.29) is 11.1 Å². The van der Waals surface area contributed by atoms with Crippen LogP contribution < -0.4 is 0 Å². The summed E-state index contributed by atoms with van der Waals surface area (Å²) in [6, 6.07) is 10.5. The zero-order valence-corrected chi connectivity index (χ0v) is 25.8. The Kier molecular flexibility index (Phi) is 10.3. The van der Waals surface area contributed by atoms with Crippen molar-refractivity contribution in [2.45, 2.75) is 10.5 Å². The first kappa shape index (κ1) is 34.4. The van der Waals surface area contributed by atoms with Gasteiger partial charge in [-0.05, 0) is 35.4 Å². The first-order valence-electron chi connectivity index (χ1n) is 12.2. The minimum absolute atomic E-state index is 0.0925. The molecule has 236 valence electrons. The summed E-state index contributed by atoms with van der Waals surface area (Å²) in [5, 5.41) is -3.87. The highest BCUT2D eigenvalue weighted by Crippen LogP contribution is 2.39. The SMILES string of the molecule is O=S(=O)(C(/C=C/c1c(F)c(F)c(F)c(F)c1F)c1ccc(Br)cc1)C(/C=C/c1c(F)c(F)c(F)c(F)c1F)c1ccc(Br)cc1. The second kappa shape index (κ2) is 13.5. The molecule has 0 aliphatic carbocycles. The molecule has 2 atom stereocenters. The van der Waals surface area contributed by atoms with Crippen molar-refractivity contribution in [3.05, 3.63) is 150 Å². The lowest BCUT2D eigenvalue weighted by Gasteiger charge is -2.22. The molecule has 0 spiro atoms. The number of sulfone groups is 1. The van der Waals surface area contributed by atoms with Crippen LogP contribution in [-0.2, 0) is 9.84 Å². The minimum atomic E-state index is -4.86. The van der Waals surface area contributed by atoms with E-state index in [2.05, 4.69) is 31.9 Å². The predicted molar refractivity (Wildman–Crippen MR) is 153 cm³/mol. The average molecular weight is 788 g/mol. The van der Waals surface area contributed by atoms with Gasteiger partial charge in [-0.2, -0.15) is 0 Å². The van der Waals surface area contributed by atoms with Crippen LogP contribution in [0.3, 0.4) is 0 Å². The average Bonchev–Trinajstić information content (AvgIpc) is 3.01. The third kappa shape index (κ3) is 6.75. The Morgan fingerprint density at radius 1 is 0.444 bits per heavy atom. The van der Waals surface area contributed by atoms with Crippen LogP contribution in [0.2, 0.25) is 0 Å². The molecule has 0 radical (unpaired) electrons. The standard InChI is InChI=1S/C30H14Br2F10O2S/c31-15-5-1-13(2-6-15)19(11-9-17-21(33)25(37)29(41)26(38)22(17)34)45(43,44)20(14-3-7-16(32)8-4-14)12-10-18-23(35)27(39)30(42)28(40)24(18)36/h1-12,19-20H/b11-9+,12-10+. The van der Waals surface area contributed by atoms with Crippen LogP contribution in [0.15, 0.2) is 69.6 Å². The lowest BCUT2D eigenvalue weighted by molar-refractivity contribution is 0.377. The van der Waals surface area contributed by atoms with Gasteiger partial charge in [0.05, 0.1) is 11.1 Å². The largest absolute Gasteiger partial charge is 0.227 e. The van der Waals surface area contributed by atoms with Crippen LogP contribution >= 0.6 is 31.9 Å². The summed E-state index contributed by atoms with van der Waals surface area (Å²) >= 11 is 6.31. The Labute approximate surface area is 265 Å². The van der Waals surface area contributed by atoms with E-state index in [9.17, 15) is 52.3 Å². The molecule has 0 N–H and O–H groups in total. The molecular weight excluding hydrogens is 774 g/mol. The van der Waals surface area contributed by atoms with Crippen molar-refractivity contribution in [1.82, 2.24) is 0 Å². The zero-order valence-electron chi connectivity index (χ0n) is 21.8. The Bertz CT molecular complexity index is 1750. The van der Waals surface area contributed by atoms with Crippen LogP contribution in [-0.4, -0.2) is 8.42 Å². The molecule has 0 heterocycles. The molecule has 0 fully saturated rings. The highest BCUT2D eigenvalue weighted by atomic mass is 79.9. The fourth-order valence-corrected chi connectivity index (χ4v) is 6.70. The number of hydrogen-bond acceptors (Lipinski definition) is 2. The van der Waals surface area contributed by atoms with Crippen molar-refractivity contribution in [3.63, 3.8) is 0 Å². The fraction of sp³-hybridized carbons (Fsp3) is 0.0667. The molecule has 0 saturated carbocycles. The minimum Gasteiger partial charge on any atom is -0.227 e. The molecule has 0 aromatic heterocycles. The third-order valence-electron chi connectivity index (χ3n) is 6.47. The van der Waals surface area contributed by atoms with E-state index in [1.807, 2.05) is 0 Å². The van der Waals surface area contributed by atoms with E-state index >= 15 is 0 Å². The van der Waals surface area contributed by atoms with Crippen molar-refractivity contribution >= 4 is 53.8 Å². The summed E-state index contributed by atoms with van der Waals surface area (Å²) in [4.78, 5) is 0. The van der Waals surface area contributed by atoms with Crippen molar-refractivity contribution in [2.24, 2.45) is 0 Å². The molecule has 4 aromatic rings. The molecule has 0 aliphatic rings. The quantitative estimate of drug-likeness (QED) is 0.101. The molecule has 0 saturated heterocycles. The molecule has 4 rings (SSSR count). The normalized spacial score (nSPS) is 13.6. The van der Waals surface area contributed by atoms with Crippen LogP contribution in [0.5, 0.6) is 0 Å². The van der Waals surface area contributed by atoms with E-state index in [0.29, 0.717) is 33.2 Å². The third-order valence-corrected chi connectivity index (χ3v) is 9.80. The highest BCUT2D eigenvalue weighted by molar-refractivity contribution is 9.10. The van der Waals surface area contributed by atoms with Crippen LogP contribution in [0.1, 0.15) is 32.8 Å². The smallest absolute Gasteiger partial charge is 0.200 e. The lowest BCUT2D eigenvalue weighted by Crippen LogP contribution is -2.19. The molecule has 2 unspecified atom stereocenters. The van der Waals surface area contributed by atoms with Gasteiger partial charge in [0.2, 0.25) is 11.6 Å². The van der Waals surface area contributed by atoms with Gasteiger partial charge in [0.15, 0.2) is 56.4 Å². The fourth-order valence-electron chi connectivity index (χ4n) is 4.19. The monoisotopic (exact) mass is 786 g/mol. The molecule has 0 aliphatic heterocycles. The maximum absolute atomic E-state index is 14.4. The predicted octanol–water partition coefficient (Wildman–Crippen LogP) is 10.2. The van der Waals surface area contributed by atoms with Gasteiger partial charge >= 0.3 is 0 Å². The summed E-state index contributed by atoms with van der Waals surface area (Å²) in [5.74, 6) is -23.0. The molecule has 4 aromatic carbocycles. The first-order valence-corrected chi connectivity index (χ1v) is 15.4. The summed E-state index contributed by atoms with van der Waals surface area (Å²) < 4.78 is 170. The lowest BCUT2D eigenvalue weighted by atomic mass is 10.1. The van der Waals surface area contributed by atoms with Crippen LogP contribution in [0.4, 0.5) is 43.9 Å².